The van der Waals surface area contributed by atoms with E-state index >= 15 is 0 Å². The smallest absolute Gasteiger partial charge is 0.396 e. The van der Waals surface area contributed by atoms with Crippen molar-refractivity contribution < 1.29 is 24.2 Å². The third-order valence-corrected chi connectivity index (χ3v) is 4.73. The molecule has 0 bridgehead atoms. The van der Waals surface area contributed by atoms with Gasteiger partial charge in [0, 0.05) is 17.6 Å². The van der Waals surface area contributed by atoms with Crippen LogP contribution in [-0.2, 0) is 14.6 Å². The fraction of sp³-hybridized carbons (Fsp3) is 0.867. The van der Waals surface area contributed by atoms with E-state index in [9.17, 15) is 14.4 Å². The van der Waals surface area contributed by atoms with Gasteiger partial charge in [-0.2, -0.15) is 0 Å². The molecule has 0 aromatic rings. The maximum absolute atomic E-state index is 11.9. The van der Waals surface area contributed by atoms with E-state index in [1.54, 1.807) is 0 Å². The summed E-state index contributed by atoms with van der Waals surface area (Å²) in [6, 6.07) is 0. The lowest BCUT2D eigenvalue weighted by Gasteiger charge is -2.36. The number of rotatable bonds is 2. The van der Waals surface area contributed by atoms with Crippen LogP contribution in [-0.4, -0.2) is 29.2 Å². The molecule has 2 rings (SSSR count). The molecule has 6 nitrogen and oxygen atoms in total. The van der Waals surface area contributed by atoms with E-state index in [0.717, 1.165) is 6.42 Å². The van der Waals surface area contributed by atoms with Crippen molar-refractivity contribution in [3.8, 4) is 0 Å². The molecule has 0 aromatic heterocycles. The summed E-state index contributed by atoms with van der Waals surface area (Å²) in [6.45, 7) is 10.4. The molecule has 1 fully saturated rings. The maximum Gasteiger partial charge on any atom is 0.416 e. The molecule has 3 unspecified atom stereocenters. The maximum atomic E-state index is 11.9. The van der Waals surface area contributed by atoms with Crippen molar-refractivity contribution in [2.45, 2.75) is 59.6 Å². The lowest BCUT2D eigenvalue weighted by Crippen LogP contribution is -2.36. The van der Waals surface area contributed by atoms with Crippen molar-refractivity contribution in [2.24, 2.45) is 22.2 Å². The Labute approximate surface area is 130 Å². The van der Waals surface area contributed by atoms with Crippen molar-refractivity contribution in [2.75, 3.05) is 6.61 Å². The summed E-state index contributed by atoms with van der Waals surface area (Å²) >= 11 is 0. The Morgan fingerprint density at radius 3 is 2.73 bits per heavy atom. The number of nitrogens with one attached hydrogen (secondary N) is 1. The third-order valence-electron chi connectivity index (χ3n) is 4.73. The highest BCUT2D eigenvalue weighted by molar-refractivity contribution is 6.35. The summed E-state index contributed by atoms with van der Waals surface area (Å²) in [7, 11) is 0. The molecule has 1 aliphatic carbocycles. The normalized spacial score (nSPS) is 33.1. The highest BCUT2D eigenvalue weighted by Crippen LogP contribution is 2.48. The first kappa shape index (κ1) is 18.8. The van der Waals surface area contributed by atoms with Gasteiger partial charge in [-0.05, 0) is 30.1 Å². The van der Waals surface area contributed by atoms with E-state index < -0.39 is 11.7 Å². The third kappa shape index (κ3) is 3.76. The fourth-order valence-electron chi connectivity index (χ4n) is 3.21. The molecule has 2 N–H and O–H groups in total. The number of halogens is 1. The Hall–Kier alpha value is -1.21. The van der Waals surface area contributed by atoms with Gasteiger partial charge in [-0.1, -0.05) is 34.6 Å². The van der Waals surface area contributed by atoms with Gasteiger partial charge < -0.3 is 5.11 Å². The van der Waals surface area contributed by atoms with Gasteiger partial charge in [0.1, 0.15) is 0 Å². The van der Waals surface area contributed by atoms with Crippen LogP contribution in [0.1, 0.15) is 53.9 Å². The fourth-order valence-corrected chi connectivity index (χ4v) is 3.21. The first-order valence-electron chi connectivity index (χ1n) is 7.81. The number of carbonyl (C=O) groups excluding carboxylic acids is 1. The predicted octanol–water partition coefficient (Wildman–Crippen LogP) is 2.52. The zero-order valence-corrected chi connectivity index (χ0v) is 14.0. The molecule has 0 aromatic carbocycles. The average Bonchev–Trinajstić information content (AvgIpc) is 2.88. The van der Waals surface area contributed by atoms with Crippen LogP contribution in [0.25, 0.3) is 0 Å². The van der Waals surface area contributed by atoms with Crippen molar-refractivity contribution in [3.63, 3.8) is 0 Å². The minimum absolute atomic E-state index is 0.108. The van der Waals surface area contributed by atoms with Gasteiger partial charge >= 0.3 is 5.97 Å². The van der Waals surface area contributed by atoms with Gasteiger partial charge in [-0.15, -0.1) is 0 Å². The molecule has 1 heterocycles. The zero-order valence-electron chi connectivity index (χ0n) is 14.0. The number of aliphatic hydroxyl groups excluding tert-OH is 1. The molecule has 1 saturated carbocycles. The van der Waals surface area contributed by atoms with Gasteiger partial charge in [-0.25, -0.2) is 25.0 Å². The van der Waals surface area contributed by atoms with E-state index in [0.29, 0.717) is 12.8 Å². The number of nitrogens with zero attached hydrogens (tertiary/aromatic N) is 1. The number of amidine groups is 1. The van der Waals surface area contributed by atoms with Crippen molar-refractivity contribution >= 4 is 11.8 Å². The number of hydrogen-bond acceptors (Lipinski definition) is 6. The van der Waals surface area contributed by atoms with Crippen LogP contribution in [0.3, 0.4) is 0 Å². The summed E-state index contributed by atoms with van der Waals surface area (Å²) in [5.74, 6) is -1.00. The summed E-state index contributed by atoms with van der Waals surface area (Å²) in [5, 5.41) is 9.51. The molecule has 128 valence electrons. The van der Waals surface area contributed by atoms with Crippen molar-refractivity contribution in [3.05, 3.63) is 0 Å². The molecular weight excluding hydrogens is 291 g/mol. The Morgan fingerprint density at radius 1 is 1.55 bits per heavy atom. The number of hydrogen-bond donors (Lipinski definition) is 2. The van der Waals surface area contributed by atoms with Gasteiger partial charge in [0.25, 0.3) is 0 Å². The summed E-state index contributed by atoms with van der Waals surface area (Å²) in [4.78, 5) is 24.0. The van der Waals surface area contributed by atoms with E-state index in [2.05, 4.69) is 36.2 Å². The lowest BCUT2D eigenvalue weighted by molar-refractivity contribution is -0.174. The van der Waals surface area contributed by atoms with Crippen LogP contribution >= 0.6 is 0 Å². The summed E-state index contributed by atoms with van der Waals surface area (Å²) < 4.78 is 11.9. The number of hydroxylamine groups is 1. The first-order valence-corrected chi connectivity index (χ1v) is 7.81. The molecular formula is C15H27FN2O4. The van der Waals surface area contributed by atoms with Gasteiger partial charge in [0.2, 0.25) is 5.84 Å². The minimum Gasteiger partial charge on any atom is -0.396 e. The van der Waals surface area contributed by atoms with Gasteiger partial charge in [-0.3, -0.25) is 0 Å². The standard InChI is InChI=1S/C13H21FN2O4.C2H6/c1-8-9(6-17)4-5-13(7-12(8,2)3)15-10(16-20-13)11(18)19-14;1-2/h8-9,17H,4-7H2,1-3H3,(H,15,16);1-2H3. The van der Waals surface area contributed by atoms with Crippen molar-refractivity contribution in [1.82, 2.24) is 5.48 Å². The van der Waals surface area contributed by atoms with Crippen molar-refractivity contribution in [1.29, 1.82) is 0 Å². The largest absolute Gasteiger partial charge is 0.416 e. The topological polar surface area (TPSA) is 80.2 Å². The first-order chi connectivity index (χ1) is 10.3. The monoisotopic (exact) mass is 318 g/mol. The van der Waals surface area contributed by atoms with E-state index in [4.69, 9.17) is 4.84 Å². The molecule has 1 spiro atoms. The minimum atomic E-state index is -1.18. The highest BCUT2D eigenvalue weighted by Gasteiger charge is 2.49. The molecule has 2 aliphatic rings. The zero-order chi connectivity index (χ0) is 17.0. The molecule has 7 heteroatoms. The Morgan fingerprint density at radius 2 is 2.18 bits per heavy atom. The van der Waals surface area contributed by atoms with Crippen LogP contribution in [0, 0.1) is 17.3 Å². The van der Waals surface area contributed by atoms with E-state index in [-0.39, 0.29) is 29.7 Å². The van der Waals surface area contributed by atoms with E-state index in [1.165, 1.54) is 0 Å². The van der Waals surface area contributed by atoms with E-state index in [1.807, 2.05) is 13.8 Å². The van der Waals surface area contributed by atoms with Gasteiger partial charge in [0.05, 0.1) is 0 Å². The second kappa shape index (κ2) is 7.37. The number of aliphatic hydroxyl groups is 1. The average molecular weight is 318 g/mol. The molecule has 1 aliphatic heterocycles. The van der Waals surface area contributed by atoms with Gasteiger partial charge in [0.15, 0.2) is 5.72 Å². The molecule has 0 radical (unpaired) electrons. The second-order valence-electron chi connectivity index (χ2n) is 6.41. The Kier molecular flexibility index (Phi) is 6.31. The second-order valence-corrected chi connectivity index (χ2v) is 6.41. The predicted molar refractivity (Wildman–Crippen MR) is 80.3 cm³/mol. The van der Waals surface area contributed by atoms with Crippen LogP contribution < -0.4 is 5.48 Å². The Balaban J connectivity index is 0.00000116. The Bertz CT molecular complexity index is 428. The van der Waals surface area contributed by atoms with Crippen LogP contribution in [0.2, 0.25) is 0 Å². The van der Waals surface area contributed by atoms with Crippen LogP contribution in [0.5, 0.6) is 0 Å². The molecule has 0 amide bonds. The van der Waals surface area contributed by atoms with Crippen LogP contribution in [0.15, 0.2) is 4.99 Å². The van der Waals surface area contributed by atoms with Crippen LogP contribution in [0.4, 0.5) is 4.53 Å². The summed E-state index contributed by atoms with van der Waals surface area (Å²) in [5.41, 5.74) is 1.32. The molecule has 0 saturated heterocycles. The highest BCUT2D eigenvalue weighted by atomic mass is 19.3. The SMILES string of the molecule is CC.CC1C(CO)CCC2(CC1(C)C)N=C(C(=O)OF)NO2. The molecule has 3 atom stereocenters. The molecule has 22 heavy (non-hydrogen) atoms. The quantitative estimate of drug-likeness (QED) is 0.818. The number of carbonyl (C=O) groups is 1. The number of aliphatic imine (C=N–C) groups is 1. The summed E-state index contributed by atoms with van der Waals surface area (Å²) in [6.07, 6.45) is 1.86. The lowest BCUT2D eigenvalue weighted by atomic mass is 9.71.